The standard InChI is InChI=1S/C20H21ClN4O.ClH/c1-12(2)19-23-11-16(21)18(25-19)20(26)24-17(10-22)15-8-7-13-5-3-4-6-14(13)9-15;/h3-9,11-12,17H,10,22H2,1-2H3,(H,24,26);1H. The van der Waals surface area contributed by atoms with E-state index in [9.17, 15) is 4.79 Å². The van der Waals surface area contributed by atoms with Crippen LogP contribution in [0.1, 0.15) is 47.7 Å². The van der Waals surface area contributed by atoms with Gasteiger partial charge in [0, 0.05) is 12.5 Å². The van der Waals surface area contributed by atoms with Crippen molar-refractivity contribution in [2.45, 2.75) is 25.8 Å². The van der Waals surface area contributed by atoms with Gasteiger partial charge in [-0.05, 0) is 22.4 Å². The molecule has 0 aliphatic carbocycles. The SMILES string of the molecule is CC(C)c1ncc(Cl)c(C(=O)NC(CN)c2ccc3ccccc3c2)n1.Cl. The van der Waals surface area contributed by atoms with Crippen molar-refractivity contribution in [3.63, 3.8) is 0 Å². The van der Waals surface area contributed by atoms with Crippen LogP contribution in [0.3, 0.4) is 0 Å². The van der Waals surface area contributed by atoms with E-state index in [4.69, 9.17) is 17.3 Å². The maximum Gasteiger partial charge on any atom is 0.272 e. The summed E-state index contributed by atoms with van der Waals surface area (Å²) in [5.41, 5.74) is 7.02. The van der Waals surface area contributed by atoms with E-state index < -0.39 is 0 Å². The fourth-order valence-electron chi connectivity index (χ4n) is 2.75. The maximum absolute atomic E-state index is 12.7. The fourth-order valence-corrected chi connectivity index (χ4v) is 2.92. The third-order valence-corrected chi connectivity index (χ3v) is 4.49. The molecule has 3 N–H and O–H groups in total. The third kappa shape index (κ3) is 4.75. The molecular weight excluding hydrogens is 383 g/mol. The van der Waals surface area contributed by atoms with Crippen LogP contribution in [0.25, 0.3) is 10.8 Å². The van der Waals surface area contributed by atoms with Gasteiger partial charge in [-0.3, -0.25) is 4.79 Å². The first kappa shape index (κ1) is 21.1. The number of nitrogens with zero attached hydrogens (tertiary/aromatic N) is 2. The van der Waals surface area contributed by atoms with Gasteiger partial charge >= 0.3 is 0 Å². The molecule has 5 nitrogen and oxygen atoms in total. The van der Waals surface area contributed by atoms with Crippen LogP contribution >= 0.6 is 24.0 Å². The van der Waals surface area contributed by atoms with Gasteiger partial charge in [-0.1, -0.05) is 61.8 Å². The number of hydrogen-bond acceptors (Lipinski definition) is 4. The number of nitrogens with one attached hydrogen (secondary N) is 1. The Morgan fingerprint density at radius 1 is 1.19 bits per heavy atom. The van der Waals surface area contributed by atoms with Crippen molar-refractivity contribution in [3.05, 3.63) is 70.8 Å². The van der Waals surface area contributed by atoms with Crippen molar-refractivity contribution in [3.8, 4) is 0 Å². The largest absolute Gasteiger partial charge is 0.343 e. The number of amides is 1. The summed E-state index contributed by atoms with van der Waals surface area (Å²) in [7, 11) is 0. The number of nitrogens with two attached hydrogens (primary N) is 1. The molecule has 1 unspecified atom stereocenters. The van der Waals surface area contributed by atoms with Crippen LogP contribution in [-0.2, 0) is 0 Å². The molecular formula is C20H22Cl2N4O. The minimum Gasteiger partial charge on any atom is -0.343 e. The van der Waals surface area contributed by atoms with Gasteiger partial charge in [-0.25, -0.2) is 9.97 Å². The second kappa shape index (κ2) is 9.13. The van der Waals surface area contributed by atoms with Gasteiger partial charge in [0.05, 0.1) is 17.3 Å². The van der Waals surface area contributed by atoms with Gasteiger partial charge in [0.25, 0.3) is 5.91 Å². The van der Waals surface area contributed by atoms with Gasteiger partial charge in [-0.2, -0.15) is 0 Å². The van der Waals surface area contributed by atoms with Crippen LogP contribution in [-0.4, -0.2) is 22.4 Å². The van der Waals surface area contributed by atoms with E-state index in [0.29, 0.717) is 5.82 Å². The Kier molecular flexibility index (Phi) is 7.13. The van der Waals surface area contributed by atoms with Gasteiger partial charge < -0.3 is 11.1 Å². The molecule has 1 heterocycles. The summed E-state index contributed by atoms with van der Waals surface area (Å²) in [6.07, 6.45) is 1.46. The minimum atomic E-state index is -0.358. The third-order valence-electron chi connectivity index (χ3n) is 4.21. The zero-order chi connectivity index (χ0) is 18.7. The van der Waals surface area contributed by atoms with Crippen LogP contribution in [0.5, 0.6) is 0 Å². The Labute approximate surface area is 169 Å². The zero-order valence-corrected chi connectivity index (χ0v) is 16.7. The highest BCUT2D eigenvalue weighted by molar-refractivity contribution is 6.33. The molecule has 0 bridgehead atoms. The van der Waals surface area contributed by atoms with Crippen molar-refractivity contribution in [1.82, 2.24) is 15.3 Å². The molecule has 0 spiro atoms. The number of hydrogen-bond donors (Lipinski definition) is 2. The summed E-state index contributed by atoms with van der Waals surface area (Å²) in [6.45, 7) is 4.19. The average Bonchev–Trinajstić information content (AvgIpc) is 2.65. The summed E-state index contributed by atoms with van der Waals surface area (Å²) in [5.74, 6) is 0.321. The van der Waals surface area contributed by atoms with Crippen LogP contribution in [0.2, 0.25) is 5.02 Å². The zero-order valence-electron chi connectivity index (χ0n) is 15.1. The van der Waals surface area contributed by atoms with Crippen molar-refractivity contribution >= 4 is 40.7 Å². The van der Waals surface area contributed by atoms with E-state index in [2.05, 4.69) is 15.3 Å². The minimum absolute atomic E-state index is 0. The van der Waals surface area contributed by atoms with Crippen LogP contribution in [0.4, 0.5) is 0 Å². The highest BCUT2D eigenvalue weighted by Gasteiger charge is 2.19. The topological polar surface area (TPSA) is 80.9 Å². The summed E-state index contributed by atoms with van der Waals surface area (Å²) in [6, 6.07) is 13.8. The predicted molar refractivity (Wildman–Crippen MR) is 112 cm³/mol. The van der Waals surface area contributed by atoms with Crippen LogP contribution in [0, 0.1) is 0 Å². The maximum atomic E-state index is 12.7. The molecule has 27 heavy (non-hydrogen) atoms. The second-order valence-corrected chi connectivity index (χ2v) is 6.85. The van der Waals surface area contributed by atoms with Crippen molar-refractivity contribution < 1.29 is 4.79 Å². The van der Waals surface area contributed by atoms with Gasteiger partial charge in [0.15, 0.2) is 0 Å². The predicted octanol–water partition coefficient (Wildman–Crippen LogP) is 4.26. The summed E-state index contributed by atoms with van der Waals surface area (Å²) >= 11 is 6.13. The average molecular weight is 405 g/mol. The molecule has 0 radical (unpaired) electrons. The summed E-state index contributed by atoms with van der Waals surface area (Å²) in [5, 5.41) is 5.39. The Balaban J connectivity index is 0.00000261. The first-order valence-corrected chi connectivity index (χ1v) is 8.89. The molecule has 1 aromatic heterocycles. The first-order valence-electron chi connectivity index (χ1n) is 8.51. The van der Waals surface area contributed by atoms with E-state index in [1.54, 1.807) is 0 Å². The molecule has 1 atom stereocenters. The Morgan fingerprint density at radius 3 is 2.56 bits per heavy atom. The normalized spacial score (nSPS) is 11.9. The van der Waals surface area contributed by atoms with E-state index in [1.165, 1.54) is 6.20 Å². The quantitative estimate of drug-likeness (QED) is 0.665. The number of fused-ring (bicyclic) bond motifs is 1. The fraction of sp³-hybridized carbons (Fsp3) is 0.250. The van der Waals surface area contributed by atoms with Gasteiger partial charge in [0.2, 0.25) is 0 Å². The smallest absolute Gasteiger partial charge is 0.272 e. The number of carbonyl (C=O) groups is 1. The number of benzene rings is 2. The van der Waals surface area contributed by atoms with Crippen LogP contribution < -0.4 is 11.1 Å². The molecule has 0 aliphatic rings. The number of halogens is 2. The Morgan fingerprint density at radius 2 is 1.89 bits per heavy atom. The molecule has 0 saturated heterocycles. The molecule has 0 aliphatic heterocycles. The highest BCUT2D eigenvalue weighted by Crippen LogP contribution is 2.21. The molecule has 0 fully saturated rings. The highest BCUT2D eigenvalue weighted by atomic mass is 35.5. The van der Waals surface area contributed by atoms with Crippen molar-refractivity contribution in [2.75, 3.05) is 6.54 Å². The lowest BCUT2D eigenvalue weighted by Gasteiger charge is -2.18. The molecule has 3 aromatic rings. The lowest BCUT2D eigenvalue weighted by atomic mass is 10.0. The molecule has 7 heteroatoms. The first-order chi connectivity index (χ1) is 12.5. The van der Waals surface area contributed by atoms with E-state index in [-0.39, 0.29) is 47.5 Å². The Hall–Kier alpha value is -2.21. The monoisotopic (exact) mass is 404 g/mol. The summed E-state index contributed by atoms with van der Waals surface area (Å²) < 4.78 is 0. The molecule has 3 rings (SSSR count). The second-order valence-electron chi connectivity index (χ2n) is 6.45. The summed E-state index contributed by atoms with van der Waals surface area (Å²) in [4.78, 5) is 21.2. The van der Waals surface area contributed by atoms with Gasteiger partial charge in [-0.15, -0.1) is 12.4 Å². The molecule has 0 saturated carbocycles. The van der Waals surface area contributed by atoms with Crippen LogP contribution in [0.15, 0.2) is 48.7 Å². The van der Waals surface area contributed by atoms with E-state index in [0.717, 1.165) is 16.3 Å². The Bertz CT molecular complexity index is 946. The van der Waals surface area contributed by atoms with E-state index >= 15 is 0 Å². The van der Waals surface area contributed by atoms with Crippen molar-refractivity contribution in [1.29, 1.82) is 0 Å². The number of rotatable bonds is 5. The van der Waals surface area contributed by atoms with E-state index in [1.807, 2.05) is 56.3 Å². The molecule has 1 amide bonds. The van der Waals surface area contributed by atoms with Gasteiger partial charge in [0.1, 0.15) is 11.5 Å². The molecule has 2 aromatic carbocycles. The lowest BCUT2D eigenvalue weighted by Crippen LogP contribution is -2.34. The number of carbonyl (C=O) groups excluding carboxylic acids is 1. The number of aromatic nitrogens is 2. The van der Waals surface area contributed by atoms with Crippen molar-refractivity contribution in [2.24, 2.45) is 5.73 Å². The lowest BCUT2D eigenvalue weighted by molar-refractivity contribution is 0.0932. The molecule has 142 valence electrons.